The topological polar surface area (TPSA) is 29.3 Å². The van der Waals surface area contributed by atoms with Gasteiger partial charge in [0.15, 0.2) is 0 Å². The molecule has 1 aromatic carbocycles. The lowest BCUT2D eigenvalue weighted by molar-refractivity contribution is 0.215. The molecular formula is C17H28N2. The number of likely N-dealkylation sites (tertiary alicyclic amines) is 1. The van der Waals surface area contributed by atoms with Crippen LogP contribution in [0.4, 0.5) is 5.69 Å². The molecule has 0 saturated carbocycles. The van der Waals surface area contributed by atoms with Crippen LogP contribution in [0, 0.1) is 5.92 Å². The zero-order valence-electron chi connectivity index (χ0n) is 12.4. The van der Waals surface area contributed by atoms with E-state index in [0.29, 0.717) is 6.04 Å². The Kier molecular flexibility index (Phi) is 5.26. The van der Waals surface area contributed by atoms with Gasteiger partial charge in [0.05, 0.1) is 0 Å². The lowest BCUT2D eigenvalue weighted by atomic mass is 9.96. The molecule has 1 aromatic rings. The molecular weight excluding hydrogens is 232 g/mol. The molecule has 1 saturated heterocycles. The molecule has 0 aliphatic carbocycles. The van der Waals surface area contributed by atoms with Gasteiger partial charge in [0.2, 0.25) is 0 Å². The van der Waals surface area contributed by atoms with E-state index in [9.17, 15) is 0 Å². The van der Waals surface area contributed by atoms with Gasteiger partial charge in [-0.15, -0.1) is 0 Å². The van der Waals surface area contributed by atoms with E-state index in [-0.39, 0.29) is 0 Å². The molecule has 0 aromatic heterocycles. The second kappa shape index (κ2) is 6.95. The number of benzene rings is 1. The van der Waals surface area contributed by atoms with Crippen molar-refractivity contribution in [3.05, 3.63) is 29.8 Å². The van der Waals surface area contributed by atoms with Crippen molar-refractivity contribution in [3.63, 3.8) is 0 Å². The van der Waals surface area contributed by atoms with Crippen molar-refractivity contribution >= 4 is 5.69 Å². The van der Waals surface area contributed by atoms with Crippen LogP contribution in [0.5, 0.6) is 0 Å². The molecule has 0 bridgehead atoms. The predicted octanol–water partition coefficient (Wildman–Crippen LogP) is 4.23. The SMILES string of the molecule is CCCC1CCCN(C(C)c2ccc(N)cc2)CC1. The van der Waals surface area contributed by atoms with Crippen LogP contribution in [-0.2, 0) is 0 Å². The number of anilines is 1. The van der Waals surface area contributed by atoms with Crippen molar-refractivity contribution in [1.82, 2.24) is 4.90 Å². The van der Waals surface area contributed by atoms with E-state index in [2.05, 4.69) is 30.9 Å². The summed E-state index contributed by atoms with van der Waals surface area (Å²) in [6.07, 6.45) is 6.87. The van der Waals surface area contributed by atoms with Gasteiger partial charge in [0.1, 0.15) is 0 Å². The summed E-state index contributed by atoms with van der Waals surface area (Å²) < 4.78 is 0. The van der Waals surface area contributed by atoms with Crippen molar-refractivity contribution in [1.29, 1.82) is 0 Å². The van der Waals surface area contributed by atoms with Crippen LogP contribution in [0.15, 0.2) is 24.3 Å². The highest BCUT2D eigenvalue weighted by atomic mass is 15.1. The molecule has 1 heterocycles. The Labute approximate surface area is 118 Å². The first-order chi connectivity index (χ1) is 9.20. The summed E-state index contributed by atoms with van der Waals surface area (Å²) in [7, 11) is 0. The van der Waals surface area contributed by atoms with Crippen LogP contribution in [0.2, 0.25) is 0 Å². The predicted molar refractivity (Wildman–Crippen MR) is 83.1 cm³/mol. The van der Waals surface area contributed by atoms with E-state index < -0.39 is 0 Å². The Balaban J connectivity index is 1.95. The highest BCUT2D eigenvalue weighted by molar-refractivity contribution is 5.40. The molecule has 1 fully saturated rings. The molecule has 1 aliphatic rings. The summed E-state index contributed by atoms with van der Waals surface area (Å²) in [5.74, 6) is 0.952. The minimum Gasteiger partial charge on any atom is -0.399 e. The third-order valence-corrected chi connectivity index (χ3v) is 4.55. The normalized spacial score (nSPS) is 22.9. The van der Waals surface area contributed by atoms with Crippen molar-refractivity contribution < 1.29 is 0 Å². The maximum Gasteiger partial charge on any atom is 0.0319 e. The Hall–Kier alpha value is -1.02. The number of hydrogen-bond donors (Lipinski definition) is 1. The molecule has 2 N–H and O–H groups in total. The molecule has 106 valence electrons. The van der Waals surface area contributed by atoms with Crippen molar-refractivity contribution in [2.24, 2.45) is 5.92 Å². The number of rotatable bonds is 4. The monoisotopic (exact) mass is 260 g/mol. The van der Waals surface area contributed by atoms with E-state index in [4.69, 9.17) is 5.73 Å². The second-order valence-corrected chi connectivity index (χ2v) is 5.96. The summed E-state index contributed by atoms with van der Waals surface area (Å²) >= 11 is 0. The van der Waals surface area contributed by atoms with Crippen LogP contribution >= 0.6 is 0 Å². The summed E-state index contributed by atoms with van der Waals surface area (Å²) in [6.45, 7) is 7.12. The number of nitrogens with two attached hydrogens (primary N) is 1. The van der Waals surface area contributed by atoms with E-state index in [0.717, 1.165) is 11.6 Å². The minimum atomic E-state index is 0.515. The highest BCUT2D eigenvalue weighted by Crippen LogP contribution is 2.28. The fourth-order valence-corrected chi connectivity index (χ4v) is 3.26. The summed E-state index contributed by atoms with van der Waals surface area (Å²) in [4.78, 5) is 2.64. The third kappa shape index (κ3) is 3.97. The van der Waals surface area contributed by atoms with Gasteiger partial charge < -0.3 is 5.73 Å². The van der Waals surface area contributed by atoms with E-state index >= 15 is 0 Å². The van der Waals surface area contributed by atoms with Gasteiger partial charge in [-0.1, -0.05) is 31.9 Å². The molecule has 1 aliphatic heterocycles. The van der Waals surface area contributed by atoms with Crippen LogP contribution < -0.4 is 5.73 Å². The van der Waals surface area contributed by atoms with Gasteiger partial charge in [-0.3, -0.25) is 4.90 Å². The van der Waals surface area contributed by atoms with Crippen LogP contribution in [0.3, 0.4) is 0 Å². The van der Waals surface area contributed by atoms with Crippen molar-refractivity contribution in [2.75, 3.05) is 18.8 Å². The first-order valence-electron chi connectivity index (χ1n) is 7.80. The average Bonchev–Trinajstić information content (AvgIpc) is 2.65. The second-order valence-electron chi connectivity index (χ2n) is 5.96. The van der Waals surface area contributed by atoms with E-state index in [1.165, 1.54) is 50.8 Å². The molecule has 0 amide bonds. The summed E-state index contributed by atoms with van der Waals surface area (Å²) in [5.41, 5.74) is 8.02. The Morgan fingerprint density at radius 2 is 1.95 bits per heavy atom. The van der Waals surface area contributed by atoms with Gasteiger partial charge in [-0.25, -0.2) is 0 Å². The smallest absolute Gasteiger partial charge is 0.0319 e. The van der Waals surface area contributed by atoms with Gasteiger partial charge in [-0.2, -0.15) is 0 Å². The molecule has 2 unspecified atom stereocenters. The number of hydrogen-bond acceptors (Lipinski definition) is 2. The molecule has 0 spiro atoms. The van der Waals surface area contributed by atoms with Gasteiger partial charge in [-0.05, 0) is 62.9 Å². The van der Waals surface area contributed by atoms with Crippen LogP contribution in [0.1, 0.15) is 57.6 Å². The van der Waals surface area contributed by atoms with Crippen LogP contribution in [-0.4, -0.2) is 18.0 Å². The Morgan fingerprint density at radius 1 is 1.21 bits per heavy atom. The highest BCUT2D eigenvalue weighted by Gasteiger charge is 2.20. The lowest BCUT2D eigenvalue weighted by Gasteiger charge is -2.28. The van der Waals surface area contributed by atoms with E-state index in [1.807, 2.05) is 12.1 Å². The molecule has 2 rings (SSSR count). The fourth-order valence-electron chi connectivity index (χ4n) is 3.26. The average molecular weight is 260 g/mol. The van der Waals surface area contributed by atoms with Gasteiger partial charge in [0.25, 0.3) is 0 Å². The van der Waals surface area contributed by atoms with E-state index in [1.54, 1.807) is 0 Å². The molecule has 19 heavy (non-hydrogen) atoms. The molecule has 2 atom stereocenters. The number of nitrogens with zero attached hydrogens (tertiary/aromatic N) is 1. The first-order valence-corrected chi connectivity index (χ1v) is 7.80. The summed E-state index contributed by atoms with van der Waals surface area (Å²) in [6, 6.07) is 8.90. The lowest BCUT2D eigenvalue weighted by Crippen LogP contribution is -2.28. The zero-order chi connectivity index (χ0) is 13.7. The molecule has 0 radical (unpaired) electrons. The van der Waals surface area contributed by atoms with Crippen molar-refractivity contribution in [3.8, 4) is 0 Å². The maximum atomic E-state index is 5.77. The zero-order valence-corrected chi connectivity index (χ0v) is 12.4. The first kappa shape index (κ1) is 14.4. The largest absolute Gasteiger partial charge is 0.399 e. The van der Waals surface area contributed by atoms with Crippen molar-refractivity contribution in [2.45, 2.75) is 52.0 Å². The van der Waals surface area contributed by atoms with Crippen LogP contribution in [0.25, 0.3) is 0 Å². The summed E-state index contributed by atoms with van der Waals surface area (Å²) in [5, 5.41) is 0. The quantitative estimate of drug-likeness (QED) is 0.821. The Bertz CT molecular complexity index is 371. The fraction of sp³-hybridized carbons (Fsp3) is 0.647. The Morgan fingerprint density at radius 3 is 2.63 bits per heavy atom. The van der Waals surface area contributed by atoms with Gasteiger partial charge in [0, 0.05) is 11.7 Å². The maximum absolute atomic E-state index is 5.77. The number of nitrogen functional groups attached to an aromatic ring is 1. The third-order valence-electron chi connectivity index (χ3n) is 4.55. The standard InChI is InChI=1S/C17H28N2/c1-3-5-15-6-4-12-19(13-11-15)14(2)16-7-9-17(18)10-8-16/h7-10,14-15H,3-6,11-13,18H2,1-2H3. The molecule has 2 nitrogen and oxygen atoms in total. The molecule has 2 heteroatoms. The van der Waals surface area contributed by atoms with Gasteiger partial charge >= 0.3 is 0 Å². The minimum absolute atomic E-state index is 0.515.